The van der Waals surface area contributed by atoms with Crippen LogP contribution in [0.2, 0.25) is 0 Å². The summed E-state index contributed by atoms with van der Waals surface area (Å²) in [6, 6.07) is 12.5. The molecular weight excluding hydrogens is 457 g/mol. The van der Waals surface area contributed by atoms with Crippen LogP contribution in [0, 0.1) is 5.92 Å². The van der Waals surface area contributed by atoms with Crippen molar-refractivity contribution in [1.29, 1.82) is 0 Å². The quantitative estimate of drug-likeness (QED) is 0.441. The zero-order valence-corrected chi connectivity index (χ0v) is 19.9. The molecule has 0 aliphatic carbocycles. The van der Waals surface area contributed by atoms with Gasteiger partial charge in [0.1, 0.15) is 0 Å². The number of piperazine rings is 1. The average molecular weight is 487 g/mol. The molecule has 0 bridgehead atoms. The van der Waals surface area contributed by atoms with Crippen molar-refractivity contribution in [2.45, 2.75) is 39.4 Å². The monoisotopic (exact) mass is 486 g/mol. The van der Waals surface area contributed by atoms with Gasteiger partial charge >= 0.3 is 6.18 Å². The third-order valence-electron chi connectivity index (χ3n) is 6.11. The molecule has 1 saturated heterocycles. The molecule has 186 valence electrons. The normalized spacial score (nSPS) is 15.1. The van der Waals surface area contributed by atoms with E-state index in [1.54, 1.807) is 0 Å². The number of alkyl halides is 3. The molecule has 2 heterocycles. The smallest absolute Gasteiger partial charge is 0.340 e. The first-order valence-corrected chi connectivity index (χ1v) is 11.8. The van der Waals surface area contributed by atoms with E-state index < -0.39 is 11.7 Å². The van der Waals surface area contributed by atoms with Crippen molar-refractivity contribution in [3.63, 3.8) is 0 Å². The lowest BCUT2D eigenvalue weighted by atomic mass is 10.1. The van der Waals surface area contributed by atoms with E-state index in [0.717, 1.165) is 62.4 Å². The summed E-state index contributed by atoms with van der Waals surface area (Å²) in [6.45, 7) is 8.03. The minimum atomic E-state index is -4.44. The second-order valence-corrected chi connectivity index (χ2v) is 9.29. The van der Waals surface area contributed by atoms with Gasteiger partial charge in [-0.05, 0) is 42.2 Å². The van der Waals surface area contributed by atoms with E-state index in [2.05, 4.69) is 28.9 Å². The van der Waals surface area contributed by atoms with Gasteiger partial charge in [0.2, 0.25) is 11.7 Å². The summed E-state index contributed by atoms with van der Waals surface area (Å²) < 4.78 is 44.3. The molecule has 0 spiro atoms. The molecule has 1 aliphatic heterocycles. The van der Waals surface area contributed by atoms with Crippen molar-refractivity contribution in [3.05, 3.63) is 59.7 Å². The average Bonchev–Trinajstić information content (AvgIpc) is 3.33. The molecule has 4 rings (SSSR count). The lowest BCUT2D eigenvalue weighted by Crippen LogP contribution is -2.48. The van der Waals surface area contributed by atoms with Gasteiger partial charge in [0.05, 0.1) is 5.56 Å². The van der Waals surface area contributed by atoms with Crippen LogP contribution in [-0.2, 0) is 17.5 Å². The Morgan fingerprint density at radius 2 is 1.74 bits per heavy atom. The highest BCUT2D eigenvalue weighted by atomic mass is 19.4. The Morgan fingerprint density at radius 3 is 2.46 bits per heavy atom. The summed E-state index contributed by atoms with van der Waals surface area (Å²) >= 11 is 0. The highest BCUT2D eigenvalue weighted by Gasteiger charge is 2.31. The van der Waals surface area contributed by atoms with E-state index in [9.17, 15) is 18.0 Å². The summed E-state index contributed by atoms with van der Waals surface area (Å²) in [7, 11) is 0. The van der Waals surface area contributed by atoms with Gasteiger partial charge in [-0.1, -0.05) is 43.3 Å². The molecule has 3 aromatic rings. The molecule has 0 unspecified atom stereocenters. The number of carbonyl (C=O) groups is 1. The van der Waals surface area contributed by atoms with Crippen LogP contribution in [0.25, 0.3) is 22.8 Å². The topological polar surface area (TPSA) is 62.5 Å². The maximum absolute atomic E-state index is 13.0. The zero-order valence-electron chi connectivity index (χ0n) is 19.9. The van der Waals surface area contributed by atoms with E-state index in [4.69, 9.17) is 4.52 Å². The number of aromatic nitrogens is 2. The Morgan fingerprint density at radius 1 is 1.03 bits per heavy atom. The first-order valence-electron chi connectivity index (χ1n) is 11.8. The highest BCUT2D eigenvalue weighted by Crippen LogP contribution is 2.32. The van der Waals surface area contributed by atoms with Gasteiger partial charge in [-0.25, -0.2) is 0 Å². The van der Waals surface area contributed by atoms with Crippen molar-refractivity contribution < 1.29 is 22.5 Å². The number of carbonyl (C=O) groups excluding carboxylic acids is 1. The summed E-state index contributed by atoms with van der Waals surface area (Å²) in [5.41, 5.74) is 1.24. The van der Waals surface area contributed by atoms with Crippen LogP contribution in [0.15, 0.2) is 53.1 Å². The van der Waals surface area contributed by atoms with E-state index in [-0.39, 0.29) is 17.4 Å². The van der Waals surface area contributed by atoms with E-state index in [1.807, 2.05) is 29.2 Å². The molecule has 1 aromatic heterocycles. The summed E-state index contributed by atoms with van der Waals surface area (Å²) in [4.78, 5) is 20.9. The third-order valence-corrected chi connectivity index (χ3v) is 6.11. The first kappa shape index (κ1) is 24.9. The van der Waals surface area contributed by atoms with Crippen LogP contribution in [0.5, 0.6) is 0 Å². The largest absolute Gasteiger partial charge is 0.416 e. The van der Waals surface area contributed by atoms with Crippen LogP contribution >= 0.6 is 0 Å². The standard InChI is InChI=1S/C26H29F3N4O2/c1-18(2)9-10-23(34)33-13-11-32(12-14-33)17-19-5-3-6-20(15-19)24-30-25(35-31-24)21-7-4-8-22(16-21)26(27,28)29/h3-8,15-16,18H,9-14,17H2,1-2H3. The van der Waals surface area contributed by atoms with Gasteiger partial charge < -0.3 is 9.42 Å². The van der Waals surface area contributed by atoms with Gasteiger partial charge in [-0.2, -0.15) is 18.2 Å². The molecule has 35 heavy (non-hydrogen) atoms. The third kappa shape index (κ3) is 6.48. The molecule has 1 aliphatic rings. The minimum Gasteiger partial charge on any atom is -0.340 e. The molecule has 0 atom stereocenters. The van der Waals surface area contributed by atoms with E-state index >= 15 is 0 Å². The van der Waals surface area contributed by atoms with Crippen LogP contribution in [0.4, 0.5) is 13.2 Å². The molecule has 9 heteroatoms. The number of hydrogen-bond acceptors (Lipinski definition) is 5. The summed E-state index contributed by atoms with van der Waals surface area (Å²) in [5, 5.41) is 3.98. The van der Waals surface area contributed by atoms with Gasteiger partial charge in [0.15, 0.2) is 0 Å². The summed E-state index contributed by atoms with van der Waals surface area (Å²) in [6.07, 6.45) is -2.93. The Bertz CT molecular complexity index is 1150. The lowest BCUT2D eigenvalue weighted by molar-refractivity contribution is -0.137. The van der Waals surface area contributed by atoms with Crippen molar-refractivity contribution in [2.24, 2.45) is 5.92 Å². The molecule has 1 fully saturated rings. The van der Waals surface area contributed by atoms with Crippen molar-refractivity contribution in [2.75, 3.05) is 26.2 Å². The molecular formula is C26H29F3N4O2. The second-order valence-electron chi connectivity index (χ2n) is 9.29. The van der Waals surface area contributed by atoms with Crippen LogP contribution in [-0.4, -0.2) is 52.0 Å². The SMILES string of the molecule is CC(C)CCC(=O)N1CCN(Cc2cccc(-c3noc(-c4cccc(C(F)(F)F)c4)n3)c2)CC1. The van der Waals surface area contributed by atoms with Crippen LogP contribution in [0.3, 0.4) is 0 Å². The van der Waals surface area contributed by atoms with Gasteiger partial charge in [-0.15, -0.1) is 0 Å². The highest BCUT2D eigenvalue weighted by molar-refractivity contribution is 5.76. The maximum Gasteiger partial charge on any atom is 0.416 e. The van der Waals surface area contributed by atoms with Gasteiger partial charge in [-0.3, -0.25) is 9.69 Å². The fourth-order valence-electron chi connectivity index (χ4n) is 4.08. The van der Waals surface area contributed by atoms with E-state index in [0.29, 0.717) is 18.2 Å². The van der Waals surface area contributed by atoms with Crippen LogP contribution in [0.1, 0.15) is 37.8 Å². The molecule has 1 amide bonds. The number of amides is 1. The zero-order chi connectivity index (χ0) is 25.0. The molecule has 2 aromatic carbocycles. The fraction of sp³-hybridized carbons (Fsp3) is 0.423. The Hall–Kier alpha value is -3.20. The van der Waals surface area contributed by atoms with Crippen molar-refractivity contribution in [3.8, 4) is 22.8 Å². The maximum atomic E-state index is 13.0. The van der Waals surface area contributed by atoms with E-state index in [1.165, 1.54) is 12.1 Å². The second kappa shape index (κ2) is 10.6. The van der Waals surface area contributed by atoms with Crippen molar-refractivity contribution >= 4 is 5.91 Å². The minimum absolute atomic E-state index is 0.0368. The first-order chi connectivity index (χ1) is 16.7. The number of hydrogen-bond donors (Lipinski definition) is 0. The number of rotatable bonds is 7. The van der Waals surface area contributed by atoms with Gasteiger partial charge in [0, 0.05) is 50.3 Å². The van der Waals surface area contributed by atoms with Gasteiger partial charge in [0.25, 0.3) is 5.89 Å². The lowest BCUT2D eigenvalue weighted by Gasteiger charge is -2.35. The Labute approximate surface area is 202 Å². The molecule has 0 N–H and O–H groups in total. The number of halogens is 3. The Kier molecular flexibility index (Phi) is 7.54. The summed E-state index contributed by atoms with van der Waals surface area (Å²) in [5.74, 6) is 1.11. The molecule has 6 nitrogen and oxygen atoms in total. The molecule has 0 radical (unpaired) electrons. The number of nitrogens with zero attached hydrogens (tertiary/aromatic N) is 4. The number of benzene rings is 2. The molecule has 0 saturated carbocycles. The van der Waals surface area contributed by atoms with Crippen molar-refractivity contribution in [1.82, 2.24) is 19.9 Å². The Balaban J connectivity index is 1.38. The fourth-order valence-corrected chi connectivity index (χ4v) is 4.08. The predicted octanol–water partition coefficient (Wildman–Crippen LogP) is 5.50. The van der Waals surface area contributed by atoms with Crippen LogP contribution < -0.4 is 0 Å². The predicted molar refractivity (Wildman–Crippen MR) is 126 cm³/mol.